The fraction of sp³-hybridized carbons (Fsp3) is 0.333. The number of halogens is 3. The molecule has 0 spiro atoms. The van der Waals surface area contributed by atoms with Crippen molar-refractivity contribution >= 4 is 45.9 Å². The molecule has 42 heavy (non-hydrogen) atoms. The number of ether oxygens (including phenoxy) is 2. The molecule has 1 aliphatic rings. The van der Waals surface area contributed by atoms with Gasteiger partial charge in [0.05, 0.1) is 36.5 Å². The summed E-state index contributed by atoms with van der Waals surface area (Å²) in [5.74, 6) is -0.351. The summed E-state index contributed by atoms with van der Waals surface area (Å²) < 4.78 is 31.4. The lowest BCUT2D eigenvalue weighted by atomic mass is 10.0. The number of benzene rings is 2. The van der Waals surface area contributed by atoms with Crippen molar-refractivity contribution in [3.63, 3.8) is 0 Å². The molecule has 3 N–H and O–H groups in total. The number of nitrogens with two attached hydrogens (primary N) is 1. The Labute approximate surface area is 252 Å². The second-order valence-electron chi connectivity index (χ2n) is 9.93. The summed E-state index contributed by atoms with van der Waals surface area (Å²) in [5.41, 5.74) is 8.95. The third-order valence-electron chi connectivity index (χ3n) is 7.27. The van der Waals surface area contributed by atoms with Gasteiger partial charge in [-0.1, -0.05) is 35.3 Å². The molecule has 0 saturated carbocycles. The molecule has 0 radical (unpaired) electrons. The minimum Gasteiger partial charge on any atom is -0.478 e. The predicted octanol–water partition coefficient (Wildman–Crippen LogP) is 5.43. The number of amides is 1. The van der Waals surface area contributed by atoms with Gasteiger partial charge < -0.3 is 29.6 Å². The van der Waals surface area contributed by atoms with Gasteiger partial charge in [-0.3, -0.25) is 9.69 Å². The molecule has 2 aromatic heterocycles. The van der Waals surface area contributed by atoms with Crippen molar-refractivity contribution in [2.24, 2.45) is 0 Å². The third-order valence-corrected chi connectivity index (χ3v) is 7.99. The standard InChI is InChI=1S/C30H31Cl2FN4O5/c1-18(25-23(31)6-7-24(33)26(25)32)42-28-27-21(16-35-29(28)34)22(17-41-27)19-2-4-20(5-3-19)30(39)37-10-8-36(9-11-37)12-14-40-15-13-38/h2-7,16-18,38H,8-15H2,1H3,(H2,34,35). The van der Waals surface area contributed by atoms with E-state index in [4.69, 9.17) is 47.9 Å². The van der Waals surface area contributed by atoms with Crippen LogP contribution in [0, 0.1) is 5.82 Å². The van der Waals surface area contributed by atoms with Crippen molar-refractivity contribution in [3.8, 4) is 16.9 Å². The quantitative estimate of drug-likeness (QED) is 0.179. The molecule has 1 aliphatic heterocycles. The van der Waals surface area contributed by atoms with Gasteiger partial charge in [0, 0.05) is 60.6 Å². The molecule has 1 atom stereocenters. The molecule has 1 saturated heterocycles. The van der Waals surface area contributed by atoms with E-state index in [0.29, 0.717) is 42.8 Å². The summed E-state index contributed by atoms with van der Waals surface area (Å²) >= 11 is 12.5. The third kappa shape index (κ3) is 6.33. The van der Waals surface area contributed by atoms with E-state index in [1.54, 1.807) is 31.5 Å². The zero-order valence-electron chi connectivity index (χ0n) is 23.0. The van der Waals surface area contributed by atoms with Gasteiger partial charge in [-0.05, 0) is 36.8 Å². The number of nitrogen functional groups attached to an aromatic ring is 1. The fourth-order valence-electron chi connectivity index (χ4n) is 4.98. The first kappa shape index (κ1) is 30.1. The fourth-order valence-corrected chi connectivity index (χ4v) is 5.66. The van der Waals surface area contributed by atoms with Crippen molar-refractivity contribution < 1.29 is 28.2 Å². The van der Waals surface area contributed by atoms with E-state index < -0.39 is 11.9 Å². The maximum atomic E-state index is 14.1. The highest BCUT2D eigenvalue weighted by molar-refractivity contribution is 6.36. The number of anilines is 1. The highest BCUT2D eigenvalue weighted by atomic mass is 35.5. The number of aliphatic hydroxyl groups excluding tert-OH is 1. The number of rotatable bonds is 10. The van der Waals surface area contributed by atoms with Gasteiger partial charge in [0.15, 0.2) is 11.4 Å². The van der Waals surface area contributed by atoms with Crippen LogP contribution in [0.25, 0.3) is 22.1 Å². The molecule has 0 bridgehead atoms. The van der Waals surface area contributed by atoms with E-state index in [9.17, 15) is 9.18 Å². The SMILES string of the molecule is CC(Oc1c(N)ncc2c(-c3ccc(C(=O)N4CCN(CCOCCO)CC4)cc3)coc12)c1c(Cl)ccc(F)c1Cl. The zero-order chi connectivity index (χ0) is 29.8. The summed E-state index contributed by atoms with van der Waals surface area (Å²) in [6.07, 6.45) is 2.42. The van der Waals surface area contributed by atoms with E-state index >= 15 is 0 Å². The van der Waals surface area contributed by atoms with Crippen molar-refractivity contribution in [2.45, 2.75) is 13.0 Å². The molecule has 0 aliphatic carbocycles. The number of carbonyl (C=O) groups is 1. The molecular weight excluding hydrogens is 586 g/mol. The molecular formula is C30H31Cl2FN4O5. The van der Waals surface area contributed by atoms with Gasteiger partial charge in [-0.15, -0.1) is 0 Å². The van der Waals surface area contributed by atoms with Gasteiger partial charge in [-0.25, -0.2) is 9.37 Å². The second-order valence-corrected chi connectivity index (χ2v) is 10.7. The van der Waals surface area contributed by atoms with E-state index in [1.807, 2.05) is 17.0 Å². The Bertz CT molecular complexity index is 1560. The Morgan fingerprint density at radius 3 is 2.60 bits per heavy atom. The van der Waals surface area contributed by atoms with E-state index in [2.05, 4.69) is 9.88 Å². The van der Waals surface area contributed by atoms with Crippen LogP contribution < -0.4 is 10.5 Å². The number of hydrogen-bond donors (Lipinski definition) is 2. The van der Waals surface area contributed by atoms with Gasteiger partial charge >= 0.3 is 0 Å². The number of aliphatic hydroxyl groups is 1. The number of furan rings is 1. The number of nitrogens with zero attached hydrogens (tertiary/aromatic N) is 3. The summed E-state index contributed by atoms with van der Waals surface area (Å²) in [7, 11) is 0. The van der Waals surface area contributed by atoms with Crippen molar-refractivity contribution in [3.05, 3.63) is 75.8 Å². The number of carbonyl (C=O) groups excluding carboxylic acids is 1. The normalized spacial score (nSPS) is 14.8. The van der Waals surface area contributed by atoms with Gasteiger partial charge in [0.2, 0.25) is 5.75 Å². The van der Waals surface area contributed by atoms with E-state index in [0.717, 1.165) is 30.8 Å². The minimum atomic E-state index is -0.754. The average molecular weight is 618 g/mol. The molecule has 1 unspecified atom stereocenters. The summed E-state index contributed by atoms with van der Waals surface area (Å²) in [5, 5.41) is 9.60. The van der Waals surface area contributed by atoms with Crippen LogP contribution in [-0.4, -0.2) is 78.3 Å². The van der Waals surface area contributed by atoms with Crippen LogP contribution in [0.5, 0.6) is 5.75 Å². The van der Waals surface area contributed by atoms with Gasteiger partial charge in [-0.2, -0.15) is 0 Å². The van der Waals surface area contributed by atoms with Crippen molar-refractivity contribution in [1.29, 1.82) is 0 Å². The van der Waals surface area contributed by atoms with Gasteiger partial charge in [0.1, 0.15) is 11.9 Å². The predicted molar refractivity (Wildman–Crippen MR) is 160 cm³/mol. The Balaban J connectivity index is 1.29. The Hall–Kier alpha value is -3.41. The highest BCUT2D eigenvalue weighted by Crippen LogP contribution is 2.41. The number of piperazine rings is 1. The molecule has 3 heterocycles. The lowest BCUT2D eigenvalue weighted by Gasteiger charge is -2.34. The maximum absolute atomic E-state index is 14.1. The first-order valence-electron chi connectivity index (χ1n) is 13.5. The van der Waals surface area contributed by atoms with Crippen LogP contribution in [-0.2, 0) is 4.74 Å². The monoisotopic (exact) mass is 616 g/mol. The van der Waals surface area contributed by atoms with E-state index in [-0.39, 0.29) is 39.7 Å². The zero-order valence-corrected chi connectivity index (χ0v) is 24.5. The van der Waals surface area contributed by atoms with Crippen LogP contribution >= 0.6 is 23.2 Å². The van der Waals surface area contributed by atoms with Crippen LogP contribution in [0.4, 0.5) is 10.2 Å². The summed E-state index contributed by atoms with van der Waals surface area (Å²) in [6, 6.07) is 9.91. The average Bonchev–Trinajstić information content (AvgIpc) is 3.43. The molecule has 2 aromatic carbocycles. The highest BCUT2D eigenvalue weighted by Gasteiger charge is 2.24. The van der Waals surface area contributed by atoms with Crippen molar-refractivity contribution in [1.82, 2.24) is 14.8 Å². The first-order chi connectivity index (χ1) is 20.3. The number of fused-ring (bicyclic) bond motifs is 1. The molecule has 4 aromatic rings. The Morgan fingerprint density at radius 2 is 1.88 bits per heavy atom. The first-order valence-corrected chi connectivity index (χ1v) is 14.3. The lowest BCUT2D eigenvalue weighted by Crippen LogP contribution is -2.49. The van der Waals surface area contributed by atoms with Gasteiger partial charge in [0.25, 0.3) is 5.91 Å². The summed E-state index contributed by atoms with van der Waals surface area (Å²) in [6.45, 7) is 6.16. The Kier molecular flexibility index (Phi) is 9.50. The minimum absolute atomic E-state index is 0.0155. The second kappa shape index (κ2) is 13.3. The molecule has 12 heteroatoms. The van der Waals surface area contributed by atoms with Crippen LogP contribution in [0.2, 0.25) is 10.0 Å². The molecule has 1 fully saturated rings. The lowest BCUT2D eigenvalue weighted by molar-refractivity contribution is 0.0486. The largest absolute Gasteiger partial charge is 0.478 e. The topological polar surface area (TPSA) is 114 Å². The Morgan fingerprint density at radius 1 is 1.14 bits per heavy atom. The molecule has 222 valence electrons. The molecule has 5 rings (SSSR count). The van der Waals surface area contributed by atoms with Crippen LogP contribution in [0.1, 0.15) is 28.9 Å². The van der Waals surface area contributed by atoms with Crippen LogP contribution in [0.15, 0.2) is 53.3 Å². The molecule has 9 nitrogen and oxygen atoms in total. The van der Waals surface area contributed by atoms with Crippen molar-refractivity contribution in [2.75, 3.05) is 58.3 Å². The maximum Gasteiger partial charge on any atom is 0.253 e. The smallest absolute Gasteiger partial charge is 0.253 e. The number of hydrogen-bond acceptors (Lipinski definition) is 8. The molecule has 1 amide bonds. The number of aromatic nitrogens is 1. The summed E-state index contributed by atoms with van der Waals surface area (Å²) in [4.78, 5) is 21.5. The number of pyridine rings is 1. The van der Waals surface area contributed by atoms with E-state index in [1.165, 1.54) is 12.1 Å². The van der Waals surface area contributed by atoms with Crippen LogP contribution in [0.3, 0.4) is 0 Å².